The van der Waals surface area contributed by atoms with Crippen molar-refractivity contribution in [3.8, 4) is 23.1 Å². The van der Waals surface area contributed by atoms with Gasteiger partial charge in [0.15, 0.2) is 11.5 Å². The zero-order valence-corrected chi connectivity index (χ0v) is 13.8. The highest BCUT2D eigenvalue weighted by molar-refractivity contribution is 5.90. The number of ether oxygens (including phenoxy) is 2. The maximum absolute atomic E-state index is 11.8. The Morgan fingerprint density at radius 3 is 2.54 bits per heavy atom. The zero-order valence-electron chi connectivity index (χ0n) is 13.8. The van der Waals surface area contributed by atoms with Gasteiger partial charge in [-0.1, -0.05) is 0 Å². The van der Waals surface area contributed by atoms with Gasteiger partial charge >= 0.3 is 11.9 Å². The Balaban J connectivity index is 2.16. The van der Waals surface area contributed by atoms with Gasteiger partial charge in [0.05, 0.1) is 31.2 Å². The lowest BCUT2D eigenvalue weighted by Gasteiger charge is -2.06. The number of rotatable bonds is 5. The molecule has 0 aliphatic rings. The molecular formula is C16H13N5O5. The van der Waals surface area contributed by atoms with E-state index in [0.717, 1.165) is 0 Å². The summed E-state index contributed by atoms with van der Waals surface area (Å²) < 4.78 is 11.0. The van der Waals surface area contributed by atoms with Crippen LogP contribution in [0.25, 0.3) is 17.2 Å². The Morgan fingerprint density at radius 1 is 1.12 bits per heavy atom. The maximum Gasteiger partial charge on any atom is 0.358 e. The van der Waals surface area contributed by atoms with Gasteiger partial charge in [0, 0.05) is 18.3 Å². The van der Waals surface area contributed by atoms with Crippen molar-refractivity contribution in [2.75, 3.05) is 14.2 Å². The molecule has 0 radical (unpaired) electrons. The third-order valence-corrected chi connectivity index (χ3v) is 3.43. The lowest BCUT2D eigenvalue weighted by atomic mass is 10.2. The summed E-state index contributed by atoms with van der Waals surface area (Å²) in [5.74, 6) is -1.15. The van der Waals surface area contributed by atoms with Crippen LogP contribution in [0.5, 0.6) is 5.88 Å². The fraction of sp³-hybridized carbons (Fsp3) is 0.125. The largest absolute Gasteiger partial charge is 0.480 e. The van der Waals surface area contributed by atoms with Crippen molar-refractivity contribution in [2.45, 2.75) is 0 Å². The molecule has 10 heteroatoms. The van der Waals surface area contributed by atoms with E-state index >= 15 is 0 Å². The second-order valence-corrected chi connectivity index (χ2v) is 4.99. The van der Waals surface area contributed by atoms with Gasteiger partial charge in [-0.3, -0.25) is 4.98 Å². The highest BCUT2D eigenvalue weighted by atomic mass is 16.5. The van der Waals surface area contributed by atoms with Gasteiger partial charge in [0.2, 0.25) is 5.88 Å². The molecule has 3 rings (SSSR count). The van der Waals surface area contributed by atoms with Crippen LogP contribution >= 0.6 is 0 Å². The summed E-state index contributed by atoms with van der Waals surface area (Å²) in [4.78, 5) is 27.2. The Labute approximate surface area is 147 Å². The van der Waals surface area contributed by atoms with Gasteiger partial charge in [-0.2, -0.15) is 5.10 Å². The first-order valence-electron chi connectivity index (χ1n) is 7.29. The third-order valence-electron chi connectivity index (χ3n) is 3.43. The van der Waals surface area contributed by atoms with E-state index in [1.165, 1.54) is 43.3 Å². The number of nitrogens with zero attached hydrogens (tertiary/aromatic N) is 5. The molecule has 3 heterocycles. The Bertz CT molecular complexity index is 967. The summed E-state index contributed by atoms with van der Waals surface area (Å²) in [6.45, 7) is 0. The van der Waals surface area contributed by atoms with Crippen LogP contribution in [0.3, 0.4) is 0 Å². The van der Waals surface area contributed by atoms with E-state index in [-0.39, 0.29) is 11.3 Å². The lowest BCUT2D eigenvalue weighted by Crippen LogP contribution is -2.07. The second-order valence-electron chi connectivity index (χ2n) is 4.99. The zero-order chi connectivity index (χ0) is 18.7. The molecule has 0 aromatic carbocycles. The molecule has 0 atom stereocenters. The standard InChI is InChI=1S/C16H13N5O5/c1-25-14-4-3-13(18-19-14)21-12(8-11(20-21)16(24)26-2)10-7-9(15(22)23)5-6-17-10/h3-8H,1-2H3,(H,22,23). The molecule has 1 N–H and O–H groups in total. The predicted octanol–water partition coefficient (Wildman–Crippen LogP) is 1.22. The van der Waals surface area contributed by atoms with Crippen LogP contribution in [0.1, 0.15) is 20.8 Å². The highest BCUT2D eigenvalue weighted by Crippen LogP contribution is 2.23. The molecule has 132 valence electrons. The topological polar surface area (TPSA) is 129 Å². The minimum absolute atomic E-state index is 0.0163. The van der Waals surface area contributed by atoms with E-state index in [9.17, 15) is 14.7 Å². The van der Waals surface area contributed by atoms with Crippen molar-refractivity contribution < 1.29 is 24.2 Å². The van der Waals surface area contributed by atoms with Crippen molar-refractivity contribution in [1.82, 2.24) is 25.0 Å². The normalized spacial score (nSPS) is 10.4. The number of aromatic carboxylic acids is 1. The second kappa shape index (κ2) is 6.97. The van der Waals surface area contributed by atoms with E-state index in [1.54, 1.807) is 12.1 Å². The van der Waals surface area contributed by atoms with Crippen molar-refractivity contribution in [3.05, 3.63) is 47.8 Å². The molecule has 0 aliphatic heterocycles. The minimum Gasteiger partial charge on any atom is -0.480 e. The predicted molar refractivity (Wildman–Crippen MR) is 87.2 cm³/mol. The van der Waals surface area contributed by atoms with Gasteiger partial charge in [-0.15, -0.1) is 10.2 Å². The van der Waals surface area contributed by atoms with Crippen LogP contribution in [0.15, 0.2) is 36.5 Å². The number of carbonyl (C=O) groups excluding carboxylic acids is 1. The van der Waals surface area contributed by atoms with E-state index in [4.69, 9.17) is 4.74 Å². The Morgan fingerprint density at radius 2 is 1.92 bits per heavy atom. The lowest BCUT2D eigenvalue weighted by molar-refractivity contribution is 0.0592. The number of esters is 1. The van der Waals surface area contributed by atoms with Crippen LogP contribution in [-0.4, -0.2) is 56.2 Å². The average Bonchev–Trinajstić information content (AvgIpc) is 3.13. The van der Waals surface area contributed by atoms with Gasteiger partial charge < -0.3 is 14.6 Å². The molecule has 3 aromatic heterocycles. The molecule has 3 aromatic rings. The maximum atomic E-state index is 11.8. The van der Waals surface area contributed by atoms with Crippen LogP contribution in [0, 0.1) is 0 Å². The van der Waals surface area contributed by atoms with E-state index in [2.05, 4.69) is 25.0 Å². The monoisotopic (exact) mass is 355 g/mol. The van der Waals surface area contributed by atoms with E-state index < -0.39 is 11.9 Å². The van der Waals surface area contributed by atoms with Crippen molar-refractivity contribution >= 4 is 11.9 Å². The number of carboxylic acid groups (broad SMARTS) is 1. The molecule has 0 saturated heterocycles. The van der Waals surface area contributed by atoms with Gasteiger partial charge in [0.25, 0.3) is 0 Å². The van der Waals surface area contributed by atoms with Crippen LogP contribution in [-0.2, 0) is 4.74 Å². The smallest absolute Gasteiger partial charge is 0.358 e. The number of carboxylic acids is 1. The number of methoxy groups -OCH3 is 2. The summed E-state index contributed by atoms with van der Waals surface area (Å²) in [5.41, 5.74) is 0.712. The van der Waals surface area contributed by atoms with Crippen LogP contribution in [0.2, 0.25) is 0 Å². The quantitative estimate of drug-likeness (QED) is 0.671. The summed E-state index contributed by atoms with van der Waals surface area (Å²) in [7, 11) is 2.69. The first-order chi connectivity index (χ1) is 12.5. The summed E-state index contributed by atoms with van der Waals surface area (Å²) >= 11 is 0. The van der Waals surface area contributed by atoms with Gasteiger partial charge in [0.1, 0.15) is 0 Å². The SMILES string of the molecule is COC(=O)c1cc(-c2cc(C(=O)O)ccn2)n(-c2ccc(OC)nn2)n1. The van der Waals surface area contributed by atoms with Crippen molar-refractivity contribution in [3.63, 3.8) is 0 Å². The molecular weight excluding hydrogens is 342 g/mol. The summed E-state index contributed by atoms with van der Waals surface area (Å²) in [6.07, 6.45) is 1.35. The highest BCUT2D eigenvalue weighted by Gasteiger charge is 2.19. The van der Waals surface area contributed by atoms with Crippen molar-refractivity contribution in [1.29, 1.82) is 0 Å². The molecule has 0 fully saturated rings. The summed E-state index contributed by atoms with van der Waals surface area (Å²) in [5, 5.41) is 21.2. The van der Waals surface area contributed by atoms with Gasteiger partial charge in [-0.25, -0.2) is 14.3 Å². The number of aromatic nitrogens is 5. The molecule has 0 amide bonds. The molecule has 0 saturated carbocycles. The Hall–Kier alpha value is -3.82. The Kier molecular flexibility index (Phi) is 4.56. The molecule has 0 spiro atoms. The third kappa shape index (κ3) is 3.20. The first kappa shape index (κ1) is 17.0. The molecule has 26 heavy (non-hydrogen) atoms. The molecule has 0 unspecified atom stereocenters. The van der Waals surface area contributed by atoms with Crippen LogP contribution in [0.4, 0.5) is 0 Å². The van der Waals surface area contributed by atoms with E-state index in [0.29, 0.717) is 23.1 Å². The fourth-order valence-electron chi connectivity index (χ4n) is 2.18. The molecule has 0 bridgehead atoms. The fourth-order valence-corrected chi connectivity index (χ4v) is 2.18. The first-order valence-corrected chi connectivity index (χ1v) is 7.29. The molecule has 0 aliphatic carbocycles. The average molecular weight is 355 g/mol. The van der Waals surface area contributed by atoms with Gasteiger partial charge in [-0.05, 0) is 18.2 Å². The van der Waals surface area contributed by atoms with E-state index in [1.807, 2.05) is 0 Å². The molecule has 10 nitrogen and oxygen atoms in total. The van der Waals surface area contributed by atoms with Crippen molar-refractivity contribution in [2.24, 2.45) is 0 Å². The van der Waals surface area contributed by atoms with Crippen LogP contribution < -0.4 is 4.74 Å². The summed E-state index contributed by atoms with van der Waals surface area (Å²) in [6, 6.07) is 7.33. The number of hydrogen-bond donors (Lipinski definition) is 1. The number of pyridine rings is 1. The number of carbonyl (C=O) groups is 2. The number of hydrogen-bond acceptors (Lipinski definition) is 8. The minimum atomic E-state index is -1.10.